The van der Waals surface area contributed by atoms with E-state index in [1.807, 2.05) is 0 Å². The van der Waals surface area contributed by atoms with Gasteiger partial charge in [0.25, 0.3) is 3.12 Å². The van der Waals surface area contributed by atoms with Gasteiger partial charge in [-0.15, -0.1) is 3.71 Å². The number of hydrogen-bond donors (Lipinski definition) is 0. The number of nitriles is 1. The van der Waals surface area contributed by atoms with Crippen molar-refractivity contribution in [3.63, 3.8) is 0 Å². The molecule has 1 atom stereocenters. The third-order valence-electron chi connectivity index (χ3n) is 1.54. The summed E-state index contributed by atoms with van der Waals surface area (Å²) < 4.78 is 22.8. The zero-order valence-corrected chi connectivity index (χ0v) is 12.7. The lowest BCUT2D eigenvalue weighted by atomic mass is 10.4. The van der Waals surface area contributed by atoms with Crippen LogP contribution in [0.25, 0.3) is 0 Å². The summed E-state index contributed by atoms with van der Waals surface area (Å²) in [5, 5.41) is 8.06. The summed E-state index contributed by atoms with van der Waals surface area (Å²) in [7, 11) is -3.66. The lowest BCUT2D eigenvalue weighted by Crippen LogP contribution is -2.38. The van der Waals surface area contributed by atoms with Crippen LogP contribution in [0.2, 0.25) is 0 Å². The maximum Gasteiger partial charge on any atom is 0.252 e. The van der Waals surface area contributed by atoms with Crippen molar-refractivity contribution in [3.8, 4) is 6.07 Å². The van der Waals surface area contributed by atoms with Crippen molar-refractivity contribution in [1.82, 2.24) is 3.71 Å². The monoisotopic (exact) mass is 324 g/mol. The van der Waals surface area contributed by atoms with Crippen LogP contribution >= 0.6 is 46.8 Å². The van der Waals surface area contributed by atoms with Crippen LogP contribution in [-0.4, -0.2) is 26.5 Å². The molecule has 0 N–H and O–H groups in total. The first-order valence-electron chi connectivity index (χ1n) is 4.21. The topological polar surface area (TPSA) is 61.2 Å². The molecule has 0 bridgehead atoms. The summed E-state index contributed by atoms with van der Waals surface area (Å²) in [6.07, 6.45) is 0. The van der Waals surface area contributed by atoms with E-state index in [9.17, 15) is 8.42 Å². The van der Waals surface area contributed by atoms with E-state index in [2.05, 4.69) is 0 Å². The van der Waals surface area contributed by atoms with E-state index in [-0.39, 0.29) is 0 Å². The highest BCUT2D eigenvalue weighted by Crippen LogP contribution is 2.43. The number of halogens is 3. The van der Waals surface area contributed by atoms with Crippen molar-refractivity contribution in [2.75, 3.05) is 0 Å². The van der Waals surface area contributed by atoms with E-state index in [0.29, 0.717) is 11.9 Å². The van der Waals surface area contributed by atoms with Gasteiger partial charge in [-0.25, -0.2) is 8.42 Å². The molecule has 0 fully saturated rings. The van der Waals surface area contributed by atoms with Gasteiger partial charge in [-0.1, -0.05) is 34.8 Å². The van der Waals surface area contributed by atoms with E-state index >= 15 is 0 Å². The first-order valence-corrected chi connectivity index (χ1v) is 7.62. The highest BCUT2D eigenvalue weighted by Gasteiger charge is 2.37. The third kappa shape index (κ3) is 4.86. The van der Waals surface area contributed by atoms with Crippen LogP contribution < -0.4 is 0 Å². The van der Waals surface area contributed by atoms with Gasteiger partial charge in [-0.2, -0.15) is 5.26 Å². The van der Waals surface area contributed by atoms with Gasteiger partial charge in [0.2, 0.25) is 10.0 Å². The average Bonchev–Trinajstić information content (AvgIpc) is 2.11. The fraction of sp³-hybridized carbons (Fsp3) is 0.857. The third-order valence-corrected chi connectivity index (χ3v) is 5.72. The molecule has 9 heteroatoms. The van der Waals surface area contributed by atoms with Gasteiger partial charge in [0.15, 0.2) is 0 Å². The van der Waals surface area contributed by atoms with E-state index in [1.54, 1.807) is 6.07 Å². The molecule has 0 radical (unpaired) electrons. The smallest absolute Gasteiger partial charge is 0.211 e. The Kier molecular flexibility index (Phi) is 6.22. The van der Waals surface area contributed by atoms with Gasteiger partial charge >= 0.3 is 0 Å². The average molecular weight is 326 g/mol. The Morgan fingerprint density at radius 1 is 1.31 bits per heavy atom. The van der Waals surface area contributed by atoms with E-state index in [0.717, 1.165) is 3.71 Å². The molecule has 0 saturated carbocycles. The summed E-state index contributed by atoms with van der Waals surface area (Å²) in [4.78, 5) is 0. The first kappa shape index (κ1) is 16.6. The standard InChI is InChI=1S/C7H11Cl3N2O2S2/c1-5(2)16(13,14)12(6(3)4-11)15-7(8,9)10/h5-6H,1-3H3. The van der Waals surface area contributed by atoms with Crippen molar-refractivity contribution >= 4 is 56.8 Å². The van der Waals surface area contributed by atoms with Gasteiger partial charge in [0.1, 0.15) is 6.04 Å². The predicted molar refractivity (Wildman–Crippen MR) is 68.9 cm³/mol. The summed E-state index contributed by atoms with van der Waals surface area (Å²) in [5.41, 5.74) is 0. The highest BCUT2D eigenvalue weighted by atomic mass is 35.6. The molecule has 0 rings (SSSR count). The Labute approximate surface area is 115 Å². The Morgan fingerprint density at radius 2 is 1.75 bits per heavy atom. The number of hydrogen-bond acceptors (Lipinski definition) is 4. The molecule has 0 spiro atoms. The number of nitrogens with zero attached hydrogens (tertiary/aromatic N) is 2. The second-order valence-corrected chi connectivity index (χ2v) is 9.93. The fourth-order valence-electron chi connectivity index (χ4n) is 0.708. The first-order chi connectivity index (χ1) is 7.02. The summed E-state index contributed by atoms with van der Waals surface area (Å²) in [6.45, 7) is 4.40. The Morgan fingerprint density at radius 3 is 2.00 bits per heavy atom. The molecular weight excluding hydrogens is 315 g/mol. The van der Waals surface area contributed by atoms with E-state index < -0.39 is 24.4 Å². The largest absolute Gasteiger partial charge is 0.252 e. The quantitative estimate of drug-likeness (QED) is 0.589. The molecule has 16 heavy (non-hydrogen) atoms. The molecule has 0 aliphatic heterocycles. The minimum Gasteiger partial charge on any atom is -0.211 e. The Balaban J connectivity index is 5.22. The van der Waals surface area contributed by atoms with E-state index in [4.69, 9.17) is 40.1 Å². The highest BCUT2D eigenvalue weighted by molar-refractivity contribution is 8.12. The van der Waals surface area contributed by atoms with Crippen LogP contribution in [0.15, 0.2) is 0 Å². The molecule has 0 aromatic carbocycles. The van der Waals surface area contributed by atoms with Crippen LogP contribution in [0.5, 0.6) is 0 Å². The van der Waals surface area contributed by atoms with E-state index in [1.165, 1.54) is 20.8 Å². The van der Waals surface area contributed by atoms with Gasteiger partial charge in [-0.3, -0.25) is 0 Å². The fourth-order valence-corrected chi connectivity index (χ4v) is 4.33. The van der Waals surface area contributed by atoms with Crippen LogP contribution in [0.3, 0.4) is 0 Å². The molecule has 0 aromatic rings. The maximum absolute atomic E-state index is 11.9. The minimum absolute atomic E-state index is 0.489. The van der Waals surface area contributed by atoms with Crippen LogP contribution in [0.4, 0.5) is 0 Å². The molecule has 0 heterocycles. The van der Waals surface area contributed by atoms with Gasteiger partial charge < -0.3 is 0 Å². The van der Waals surface area contributed by atoms with Gasteiger partial charge in [0.05, 0.1) is 11.3 Å². The van der Waals surface area contributed by atoms with Crippen molar-refractivity contribution < 1.29 is 8.42 Å². The molecule has 1 unspecified atom stereocenters. The SMILES string of the molecule is CC(C#N)N(SC(Cl)(Cl)Cl)S(=O)(=O)C(C)C. The van der Waals surface area contributed by atoms with Crippen molar-refractivity contribution in [3.05, 3.63) is 0 Å². The Hall–Kier alpha value is 0.620. The van der Waals surface area contributed by atoms with Crippen LogP contribution in [0, 0.1) is 11.3 Å². The van der Waals surface area contributed by atoms with Crippen molar-refractivity contribution in [2.45, 2.75) is 35.2 Å². The molecule has 0 saturated heterocycles. The molecule has 4 nitrogen and oxygen atoms in total. The molecule has 0 aromatic heterocycles. The zero-order valence-electron chi connectivity index (χ0n) is 8.82. The minimum atomic E-state index is -3.66. The number of rotatable bonds is 4. The maximum atomic E-state index is 11.9. The summed E-state index contributed by atoms with van der Waals surface area (Å²) in [5.74, 6) is 0. The molecule has 0 aliphatic rings. The molecule has 94 valence electrons. The van der Waals surface area contributed by atoms with Crippen molar-refractivity contribution in [2.24, 2.45) is 0 Å². The lowest BCUT2D eigenvalue weighted by Gasteiger charge is -2.27. The second-order valence-electron chi connectivity index (χ2n) is 3.19. The molecule has 0 amide bonds. The normalized spacial score (nSPS) is 15.2. The predicted octanol–water partition coefficient (Wildman–Crippen LogP) is 2.91. The van der Waals surface area contributed by atoms with Crippen molar-refractivity contribution in [1.29, 1.82) is 5.26 Å². The summed E-state index contributed by atoms with van der Waals surface area (Å²) >= 11 is 17.0. The number of alkyl halides is 3. The molecule has 0 aliphatic carbocycles. The van der Waals surface area contributed by atoms with Gasteiger partial charge in [-0.05, 0) is 32.7 Å². The Bertz CT molecular complexity index is 372. The molecular formula is C7H11Cl3N2O2S2. The van der Waals surface area contributed by atoms with Crippen LogP contribution in [0.1, 0.15) is 20.8 Å². The van der Waals surface area contributed by atoms with Gasteiger partial charge in [0, 0.05) is 0 Å². The van der Waals surface area contributed by atoms with Crippen LogP contribution in [-0.2, 0) is 10.0 Å². The summed E-state index contributed by atoms with van der Waals surface area (Å²) in [6, 6.07) is 0.889. The zero-order chi connectivity index (χ0) is 13.1. The lowest BCUT2D eigenvalue weighted by molar-refractivity contribution is 0.516. The second kappa shape index (κ2) is 5.98. The number of sulfonamides is 1.